The van der Waals surface area contributed by atoms with Crippen LogP contribution in [0.15, 0.2) is 35.9 Å². The number of benzene rings is 1. The van der Waals surface area contributed by atoms with E-state index in [1.165, 1.54) is 18.2 Å². The van der Waals surface area contributed by atoms with Crippen molar-refractivity contribution in [3.05, 3.63) is 41.7 Å². The minimum atomic E-state index is -0.565. The molecule has 0 aliphatic carbocycles. The lowest BCUT2D eigenvalue weighted by Gasteiger charge is -2.14. The second kappa shape index (κ2) is 4.72. The fourth-order valence-corrected chi connectivity index (χ4v) is 1.98. The summed E-state index contributed by atoms with van der Waals surface area (Å²) in [6.07, 6.45) is 1.80. The molecule has 0 N–H and O–H groups in total. The van der Waals surface area contributed by atoms with E-state index in [0.717, 1.165) is 4.90 Å². The fourth-order valence-electron chi connectivity index (χ4n) is 1.98. The number of nitrogens with zero attached hydrogens (tertiary/aromatic N) is 1. The lowest BCUT2D eigenvalue weighted by molar-refractivity contribution is -0.120. The van der Waals surface area contributed by atoms with Crippen molar-refractivity contribution in [1.29, 1.82) is 0 Å². The predicted octanol–water partition coefficient (Wildman–Crippen LogP) is 2.67. The van der Waals surface area contributed by atoms with Gasteiger partial charge in [-0.1, -0.05) is 32.1 Å². The van der Waals surface area contributed by atoms with Crippen LogP contribution < -0.4 is 4.90 Å². The molecule has 1 aromatic rings. The molecule has 1 aromatic carbocycles. The van der Waals surface area contributed by atoms with Crippen molar-refractivity contribution >= 4 is 17.5 Å². The van der Waals surface area contributed by atoms with Crippen LogP contribution in [-0.4, -0.2) is 11.8 Å². The number of imide groups is 1. The first-order valence-electron chi connectivity index (χ1n) is 5.83. The Bertz CT molecular complexity index is 534. The Morgan fingerprint density at radius 1 is 1.28 bits per heavy atom. The van der Waals surface area contributed by atoms with Gasteiger partial charge in [-0.05, 0) is 18.1 Å². The largest absolute Gasteiger partial charge is 0.274 e. The minimum absolute atomic E-state index is 0.0275. The maximum Gasteiger partial charge on any atom is 0.261 e. The Morgan fingerprint density at radius 3 is 2.56 bits per heavy atom. The van der Waals surface area contributed by atoms with Crippen LogP contribution in [0, 0.1) is 11.7 Å². The number of anilines is 1. The molecule has 94 valence electrons. The highest BCUT2D eigenvalue weighted by atomic mass is 19.1. The number of hydrogen-bond donors (Lipinski definition) is 0. The Balaban J connectivity index is 2.39. The Labute approximate surface area is 105 Å². The van der Waals surface area contributed by atoms with Gasteiger partial charge in [-0.3, -0.25) is 9.59 Å². The summed E-state index contributed by atoms with van der Waals surface area (Å²) >= 11 is 0. The van der Waals surface area contributed by atoms with Crippen LogP contribution in [0.4, 0.5) is 10.1 Å². The van der Waals surface area contributed by atoms with Gasteiger partial charge in [0.2, 0.25) is 5.91 Å². The van der Waals surface area contributed by atoms with Gasteiger partial charge in [0.1, 0.15) is 5.82 Å². The van der Waals surface area contributed by atoms with Crippen LogP contribution in [-0.2, 0) is 9.59 Å². The third kappa shape index (κ3) is 2.18. The van der Waals surface area contributed by atoms with Crippen LogP contribution in [0.25, 0.3) is 0 Å². The maximum atomic E-state index is 13.6. The highest BCUT2D eigenvalue weighted by Crippen LogP contribution is 2.28. The van der Waals surface area contributed by atoms with Gasteiger partial charge >= 0.3 is 0 Å². The Kier molecular flexibility index (Phi) is 3.28. The quantitative estimate of drug-likeness (QED) is 0.595. The molecule has 1 aliphatic heterocycles. The first kappa shape index (κ1) is 12.5. The molecule has 2 amide bonds. The van der Waals surface area contributed by atoms with Gasteiger partial charge in [-0.15, -0.1) is 0 Å². The molecule has 2 rings (SSSR count). The number of amides is 2. The number of carbonyl (C=O) groups is 2. The normalized spacial score (nSPS) is 18.2. The van der Waals surface area contributed by atoms with Crippen molar-refractivity contribution in [3.8, 4) is 0 Å². The molecular weight excluding hydrogens is 233 g/mol. The van der Waals surface area contributed by atoms with E-state index in [-0.39, 0.29) is 23.9 Å². The zero-order valence-electron chi connectivity index (χ0n) is 10.3. The molecule has 0 atom stereocenters. The van der Waals surface area contributed by atoms with Crippen molar-refractivity contribution in [2.75, 3.05) is 4.90 Å². The van der Waals surface area contributed by atoms with Gasteiger partial charge in [0, 0.05) is 5.57 Å². The third-order valence-electron chi connectivity index (χ3n) is 2.70. The molecule has 1 aliphatic rings. The predicted molar refractivity (Wildman–Crippen MR) is 66.4 cm³/mol. The lowest BCUT2D eigenvalue weighted by atomic mass is 10.1. The van der Waals surface area contributed by atoms with Gasteiger partial charge in [0.25, 0.3) is 5.91 Å². The smallest absolute Gasteiger partial charge is 0.261 e. The summed E-state index contributed by atoms with van der Waals surface area (Å²) in [5, 5.41) is 0. The van der Waals surface area contributed by atoms with E-state index in [1.54, 1.807) is 12.1 Å². The molecule has 0 spiro atoms. The van der Waals surface area contributed by atoms with Crippen molar-refractivity contribution in [2.45, 2.75) is 20.3 Å². The Hall–Kier alpha value is -1.97. The van der Waals surface area contributed by atoms with E-state index in [0.29, 0.717) is 5.57 Å². The van der Waals surface area contributed by atoms with Gasteiger partial charge in [-0.2, -0.15) is 0 Å². The number of halogens is 1. The second-order valence-electron chi connectivity index (χ2n) is 4.60. The van der Waals surface area contributed by atoms with Crippen molar-refractivity contribution in [1.82, 2.24) is 0 Å². The fraction of sp³-hybridized carbons (Fsp3) is 0.286. The van der Waals surface area contributed by atoms with E-state index >= 15 is 0 Å². The van der Waals surface area contributed by atoms with Crippen molar-refractivity contribution in [3.63, 3.8) is 0 Å². The molecule has 1 fully saturated rings. The zero-order valence-corrected chi connectivity index (χ0v) is 10.3. The van der Waals surface area contributed by atoms with Crippen LogP contribution in [0.5, 0.6) is 0 Å². The van der Waals surface area contributed by atoms with Crippen molar-refractivity contribution < 1.29 is 14.0 Å². The van der Waals surface area contributed by atoms with Crippen LogP contribution in [0.3, 0.4) is 0 Å². The molecule has 0 saturated carbocycles. The molecule has 0 unspecified atom stereocenters. The topological polar surface area (TPSA) is 37.4 Å². The van der Waals surface area contributed by atoms with E-state index in [1.807, 2.05) is 13.8 Å². The summed E-state index contributed by atoms with van der Waals surface area (Å²) < 4.78 is 13.6. The average Bonchev–Trinajstić information content (AvgIpc) is 2.55. The summed E-state index contributed by atoms with van der Waals surface area (Å²) in [6.45, 7) is 3.85. The molecule has 3 nitrogen and oxygen atoms in total. The highest BCUT2D eigenvalue weighted by Gasteiger charge is 2.36. The molecule has 0 aromatic heterocycles. The first-order chi connectivity index (χ1) is 8.50. The van der Waals surface area contributed by atoms with E-state index < -0.39 is 11.7 Å². The van der Waals surface area contributed by atoms with E-state index in [2.05, 4.69) is 0 Å². The number of allylic oxidation sites excluding steroid dienone is 1. The van der Waals surface area contributed by atoms with Crippen LogP contribution in [0.2, 0.25) is 0 Å². The summed E-state index contributed by atoms with van der Waals surface area (Å²) in [6, 6.07) is 5.79. The van der Waals surface area contributed by atoms with Crippen molar-refractivity contribution in [2.24, 2.45) is 5.92 Å². The number of hydrogen-bond acceptors (Lipinski definition) is 2. The van der Waals surface area contributed by atoms with Gasteiger partial charge < -0.3 is 0 Å². The minimum Gasteiger partial charge on any atom is -0.274 e. The van der Waals surface area contributed by atoms with E-state index in [4.69, 9.17) is 0 Å². The summed E-state index contributed by atoms with van der Waals surface area (Å²) in [4.78, 5) is 24.8. The monoisotopic (exact) mass is 247 g/mol. The molecular formula is C14H14FNO2. The Morgan fingerprint density at radius 2 is 1.94 bits per heavy atom. The summed E-state index contributed by atoms with van der Waals surface area (Å²) in [5.41, 5.74) is 0.470. The van der Waals surface area contributed by atoms with Gasteiger partial charge in [0.15, 0.2) is 0 Å². The number of para-hydroxylation sites is 1. The van der Waals surface area contributed by atoms with Crippen LogP contribution >= 0.6 is 0 Å². The SMILES string of the molecule is CC(C)C=C1CC(=O)N(c2ccccc2F)C1=O. The maximum absolute atomic E-state index is 13.6. The first-order valence-corrected chi connectivity index (χ1v) is 5.83. The van der Waals surface area contributed by atoms with Gasteiger partial charge in [0.05, 0.1) is 12.1 Å². The molecule has 1 heterocycles. The van der Waals surface area contributed by atoms with Gasteiger partial charge in [-0.25, -0.2) is 9.29 Å². The second-order valence-corrected chi connectivity index (χ2v) is 4.60. The number of carbonyl (C=O) groups excluding carboxylic acids is 2. The summed E-state index contributed by atoms with van der Waals surface area (Å²) in [5.74, 6) is -1.18. The lowest BCUT2D eigenvalue weighted by Crippen LogP contribution is -2.29. The molecule has 0 bridgehead atoms. The zero-order chi connectivity index (χ0) is 13.3. The average molecular weight is 247 g/mol. The molecule has 0 radical (unpaired) electrons. The van der Waals surface area contributed by atoms with Crippen LogP contribution in [0.1, 0.15) is 20.3 Å². The molecule has 4 heteroatoms. The van der Waals surface area contributed by atoms with E-state index in [9.17, 15) is 14.0 Å². The molecule has 1 saturated heterocycles. The number of rotatable bonds is 2. The molecule has 18 heavy (non-hydrogen) atoms. The standard InChI is InChI=1S/C14H14FNO2/c1-9(2)7-10-8-13(17)16(14(10)18)12-6-4-3-5-11(12)15/h3-7,9H,8H2,1-2H3. The summed E-state index contributed by atoms with van der Waals surface area (Å²) in [7, 11) is 0. The third-order valence-corrected chi connectivity index (χ3v) is 2.70. The highest BCUT2D eigenvalue weighted by molar-refractivity contribution is 6.28.